The summed E-state index contributed by atoms with van der Waals surface area (Å²) in [6, 6.07) is 9.99. The maximum atomic E-state index is 12.7. The van der Waals surface area contributed by atoms with E-state index in [9.17, 15) is 14.4 Å². The molecule has 3 aromatic heterocycles. The van der Waals surface area contributed by atoms with Crippen molar-refractivity contribution in [2.45, 2.75) is 26.8 Å². The van der Waals surface area contributed by atoms with Crippen molar-refractivity contribution in [1.82, 2.24) is 30.5 Å². The number of amides is 4. The molecule has 0 radical (unpaired) electrons. The average Bonchev–Trinajstić information content (AvgIpc) is 3.38. The molecule has 1 aliphatic heterocycles. The highest BCUT2D eigenvalue weighted by Gasteiger charge is 2.25. The van der Waals surface area contributed by atoms with Gasteiger partial charge in [-0.1, -0.05) is 35.1 Å². The van der Waals surface area contributed by atoms with Gasteiger partial charge in [-0.25, -0.2) is 19.7 Å². The van der Waals surface area contributed by atoms with Crippen LogP contribution in [0.4, 0.5) is 33.1 Å². The van der Waals surface area contributed by atoms with Gasteiger partial charge in [0.1, 0.15) is 22.3 Å². The molecule has 1 fully saturated rings. The van der Waals surface area contributed by atoms with Gasteiger partial charge in [0.2, 0.25) is 5.91 Å². The molecule has 13 nitrogen and oxygen atoms in total. The molecular formula is C25H23ClN10O3S. The number of thiazole rings is 1. The third-order valence-corrected chi connectivity index (χ3v) is 6.98. The van der Waals surface area contributed by atoms with Crippen LogP contribution in [0.15, 0.2) is 42.6 Å². The van der Waals surface area contributed by atoms with Crippen molar-refractivity contribution in [3.63, 3.8) is 0 Å². The quantitative estimate of drug-likeness (QED) is 0.239. The summed E-state index contributed by atoms with van der Waals surface area (Å²) in [6.07, 6.45) is 1.69. The summed E-state index contributed by atoms with van der Waals surface area (Å²) in [5.41, 5.74) is 2.04. The van der Waals surface area contributed by atoms with Crippen molar-refractivity contribution in [2.75, 3.05) is 27.4 Å². The molecule has 15 heteroatoms. The zero-order valence-corrected chi connectivity index (χ0v) is 22.9. The molecule has 0 saturated carbocycles. The highest BCUT2D eigenvalue weighted by atomic mass is 35.5. The van der Waals surface area contributed by atoms with Crippen LogP contribution in [0.2, 0.25) is 5.02 Å². The van der Waals surface area contributed by atoms with E-state index in [1.807, 2.05) is 19.1 Å². The van der Waals surface area contributed by atoms with Crippen LogP contribution in [-0.4, -0.2) is 49.5 Å². The number of aromatic nitrogens is 5. The minimum Gasteiger partial charge on any atom is -0.364 e. The highest BCUT2D eigenvalue weighted by Crippen LogP contribution is 2.28. The lowest BCUT2D eigenvalue weighted by molar-refractivity contribution is -0.120. The van der Waals surface area contributed by atoms with Gasteiger partial charge in [-0.05, 0) is 37.6 Å². The number of hydrogen-bond donors (Lipinski definition) is 4. The van der Waals surface area contributed by atoms with E-state index in [0.717, 1.165) is 5.56 Å². The molecule has 4 amide bonds. The third-order valence-electron chi connectivity index (χ3n) is 5.75. The van der Waals surface area contributed by atoms with Gasteiger partial charge in [0.15, 0.2) is 10.9 Å². The number of carbonyl (C=O) groups excluding carboxylic acids is 3. The predicted octanol–water partition coefficient (Wildman–Crippen LogP) is 4.05. The summed E-state index contributed by atoms with van der Waals surface area (Å²) in [6.45, 7) is 4.19. The lowest BCUT2D eigenvalue weighted by Crippen LogP contribution is -2.50. The Kier molecular flexibility index (Phi) is 7.79. The smallest absolute Gasteiger partial charge is 0.329 e. The summed E-state index contributed by atoms with van der Waals surface area (Å²) < 4.78 is 0. The SMILES string of the molecule is Cc1nc(NCc2ccc(N3CCC(=O)NC3=O)nn2)cc(Nc2ncc(C(=O)Nc3c(C)cccc3Cl)s2)n1. The summed E-state index contributed by atoms with van der Waals surface area (Å²) >= 11 is 7.40. The number of halogens is 1. The number of para-hydroxylation sites is 1. The molecule has 0 aliphatic carbocycles. The molecule has 1 aliphatic rings. The Bertz CT molecular complexity index is 1570. The molecule has 204 valence electrons. The Morgan fingerprint density at radius 1 is 1.12 bits per heavy atom. The van der Waals surface area contributed by atoms with E-state index in [2.05, 4.69) is 46.4 Å². The minimum absolute atomic E-state index is 0.206. The second kappa shape index (κ2) is 11.6. The predicted molar refractivity (Wildman–Crippen MR) is 151 cm³/mol. The van der Waals surface area contributed by atoms with E-state index >= 15 is 0 Å². The molecule has 4 N–H and O–H groups in total. The number of urea groups is 1. The van der Waals surface area contributed by atoms with Crippen molar-refractivity contribution in [2.24, 2.45) is 0 Å². The summed E-state index contributed by atoms with van der Waals surface area (Å²) in [5.74, 6) is 1.28. The molecule has 0 bridgehead atoms. The molecule has 4 aromatic rings. The summed E-state index contributed by atoms with van der Waals surface area (Å²) in [4.78, 5) is 50.9. The highest BCUT2D eigenvalue weighted by molar-refractivity contribution is 7.17. The van der Waals surface area contributed by atoms with E-state index in [-0.39, 0.29) is 24.8 Å². The number of nitrogens with one attached hydrogen (secondary N) is 4. The number of benzene rings is 1. The molecule has 0 spiro atoms. The fraction of sp³-hybridized carbons (Fsp3) is 0.200. The maximum Gasteiger partial charge on any atom is 0.329 e. The Balaban J connectivity index is 1.20. The molecule has 0 unspecified atom stereocenters. The zero-order chi connectivity index (χ0) is 28.2. The van der Waals surface area contributed by atoms with Crippen molar-refractivity contribution in [3.05, 3.63) is 69.6 Å². The lowest BCUT2D eigenvalue weighted by Gasteiger charge is -2.24. The zero-order valence-electron chi connectivity index (χ0n) is 21.4. The normalized spacial score (nSPS) is 13.1. The van der Waals surface area contributed by atoms with Crippen LogP contribution in [0.1, 0.15) is 33.2 Å². The molecule has 4 heterocycles. The van der Waals surface area contributed by atoms with E-state index in [1.54, 1.807) is 31.2 Å². The van der Waals surface area contributed by atoms with Gasteiger partial charge in [-0.2, -0.15) is 5.10 Å². The van der Waals surface area contributed by atoms with Gasteiger partial charge in [-0.3, -0.25) is 19.8 Å². The molecule has 40 heavy (non-hydrogen) atoms. The largest absolute Gasteiger partial charge is 0.364 e. The van der Waals surface area contributed by atoms with E-state index in [4.69, 9.17) is 11.6 Å². The Morgan fingerprint density at radius 3 is 2.70 bits per heavy atom. The van der Waals surface area contributed by atoms with Crippen molar-refractivity contribution in [1.29, 1.82) is 0 Å². The van der Waals surface area contributed by atoms with Crippen LogP contribution in [0.5, 0.6) is 0 Å². The fourth-order valence-corrected chi connectivity index (χ4v) is 4.78. The topological polar surface area (TPSA) is 167 Å². The van der Waals surface area contributed by atoms with Crippen LogP contribution >= 0.6 is 22.9 Å². The fourth-order valence-electron chi connectivity index (χ4n) is 3.79. The first-order valence-corrected chi connectivity index (χ1v) is 13.3. The number of carbonyl (C=O) groups is 3. The van der Waals surface area contributed by atoms with E-state index in [1.165, 1.54) is 22.4 Å². The summed E-state index contributed by atoms with van der Waals surface area (Å²) in [7, 11) is 0. The van der Waals surface area contributed by atoms with Gasteiger partial charge in [0, 0.05) is 19.0 Å². The minimum atomic E-state index is -0.517. The van der Waals surface area contributed by atoms with Crippen LogP contribution in [-0.2, 0) is 11.3 Å². The maximum absolute atomic E-state index is 12.7. The number of imide groups is 1. The van der Waals surface area contributed by atoms with Gasteiger partial charge >= 0.3 is 6.03 Å². The Hall–Kier alpha value is -4.69. The van der Waals surface area contributed by atoms with Crippen molar-refractivity contribution >= 4 is 69.1 Å². The van der Waals surface area contributed by atoms with Gasteiger partial charge in [-0.15, -0.1) is 5.10 Å². The Labute approximate surface area is 237 Å². The van der Waals surface area contributed by atoms with Crippen molar-refractivity contribution in [3.8, 4) is 0 Å². The number of anilines is 5. The first-order valence-electron chi connectivity index (χ1n) is 12.1. The molecule has 1 aromatic carbocycles. The number of rotatable bonds is 8. The summed E-state index contributed by atoms with van der Waals surface area (Å²) in [5, 5.41) is 20.6. The number of hydrogen-bond acceptors (Lipinski definition) is 11. The molecule has 5 rings (SSSR count). The second-order valence-corrected chi connectivity index (χ2v) is 10.2. The standard InChI is InChI=1S/C25H23ClN10O3S/c1-13-4-3-5-16(26)22(13)33-23(38)17-12-28-24(40-17)31-19-10-18(29-14(2)30-19)27-11-15-6-7-20(35-34-15)36-9-8-21(37)32-25(36)39/h3-7,10,12H,8-9,11H2,1-2H3,(H,33,38)(H,32,37,39)(H2,27,28,29,30,31). The van der Waals surface area contributed by atoms with E-state index < -0.39 is 6.03 Å². The average molecular weight is 579 g/mol. The first-order chi connectivity index (χ1) is 19.2. The van der Waals surface area contributed by atoms with Crippen LogP contribution in [0.3, 0.4) is 0 Å². The van der Waals surface area contributed by atoms with Gasteiger partial charge < -0.3 is 16.0 Å². The van der Waals surface area contributed by atoms with Gasteiger partial charge in [0.05, 0.1) is 29.1 Å². The first kappa shape index (κ1) is 26.9. The monoisotopic (exact) mass is 578 g/mol. The van der Waals surface area contributed by atoms with Gasteiger partial charge in [0.25, 0.3) is 5.91 Å². The third kappa shape index (κ3) is 6.30. The van der Waals surface area contributed by atoms with Crippen LogP contribution in [0, 0.1) is 13.8 Å². The van der Waals surface area contributed by atoms with Crippen LogP contribution < -0.4 is 26.2 Å². The molecule has 0 atom stereocenters. The molecular weight excluding hydrogens is 556 g/mol. The lowest BCUT2D eigenvalue weighted by atomic mass is 10.2. The number of aryl methyl sites for hydroxylation is 2. The Morgan fingerprint density at radius 2 is 1.95 bits per heavy atom. The van der Waals surface area contributed by atoms with Crippen LogP contribution in [0.25, 0.3) is 0 Å². The second-order valence-electron chi connectivity index (χ2n) is 8.72. The number of nitrogens with zero attached hydrogens (tertiary/aromatic N) is 6. The van der Waals surface area contributed by atoms with E-state index in [0.29, 0.717) is 56.2 Å². The van der Waals surface area contributed by atoms with Crippen molar-refractivity contribution < 1.29 is 14.4 Å². The molecule has 1 saturated heterocycles.